The highest BCUT2D eigenvalue weighted by Gasteiger charge is 2.33. The maximum Gasteiger partial charge on any atom is 0.417 e. The van der Waals surface area contributed by atoms with Gasteiger partial charge in [0.1, 0.15) is 11.8 Å². The molecular weight excluding hydrogens is 407 g/mol. The van der Waals surface area contributed by atoms with E-state index >= 15 is 0 Å². The first-order valence-electron chi connectivity index (χ1n) is 8.76. The molecule has 1 amide bonds. The van der Waals surface area contributed by atoms with Crippen molar-refractivity contribution < 1.29 is 18.0 Å². The molecule has 1 N–H and O–H groups in total. The smallest absolute Gasteiger partial charge is 0.368 e. The molecule has 152 valence electrons. The summed E-state index contributed by atoms with van der Waals surface area (Å²) < 4.78 is 38.8. The number of hydrogen-bond donors (Lipinski definition) is 1. The Bertz CT molecular complexity index is 919. The Kier molecular flexibility index (Phi) is 6.25. The SMILES string of the molecule is N#Cc1ccc(N2CCN(CC(=O)Nc3ccc(Cl)c(C(F)(F)F)c3)CC2)cn1. The van der Waals surface area contributed by atoms with Crippen molar-refractivity contribution in [3.05, 3.63) is 52.8 Å². The summed E-state index contributed by atoms with van der Waals surface area (Å²) in [5, 5.41) is 10.9. The number of halogens is 4. The number of alkyl halides is 3. The van der Waals surface area contributed by atoms with Gasteiger partial charge in [-0.3, -0.25) is 9.69 Å². The van der Waals surface area contributed by atoms with Gasteiger partial charge in [-0.15, -0.1) is 0 Å². The summed E-state index contributed by atoms with van der Waals surface area (Å²) in [5.41, 5.74) is 0.310. The van der Waals surface area contributed by atoms with Crippen molar-refractivity contribution in [3.8, 4) is 6.07 Å². The minimum atomic E-state index is -4.59. The zero-order valence-electron chi connectivity index (χ0n) is 15.2. The summed E-state index contributed by atoms with van der Waals surface area (Å²) >= 11 is 5.59. The molecule has 1 aliphatic heterocycles. The van der Waals surface area contributed by atoms with Crippen LogP contribution in [0.4, 0.5) is 24.5 Å². The highest BCUT2D eigenvalue weighted by molar-refractivity contribution is 6.31. The molecular formula is C19H17ClF3N5O. The number of rotatable bonds is 4. The van der Waals surface area contributed by atoms with Crippen LogP contribution in [0.1, 0.15) is 11.3 Å². The molecule has 2 aromatic rings. The van der Waals surface area contributed by atoms with Gasteiger partial charge in [0.05, 0.1) is 29.0 Å². The quantitative estimate of drug-likeness (QED) is 0.816. The monoisotopic (exact) mass is 423 g/mol. The molecule has 0 atom stereocenters. The van der Waals surface area contributed by atoms with Crippen LogP contribution in [0.25, 0.3) is 0 Å². The summed E-state index contributed by atoms with van der Waals surface area (Å²) in [6.45, 7) is 2.63. The lowest BCUT2D eigenvalue weighted by atomic mass is 10.2. The molecule has 0 unspecified atom stereocenters. The number of benzene rings is 1. The fourth-order valence-electron chi connectivity index (χ4n) is 3.03. The summed E-state index contributed by atoms with van der Waals surface area (Å²) in [7, 11) is 0. The second kappa shape index (κ2) is 8.68. The average Bonchev–Trinajstić information content (AvgIpc) is 2.69. The number of pyridine rings is 1. The predicted molar refractivity (Wildman–Crippen MR) is 103 cm³/mol. The third kappa shape index (κ3) is 5.37. The normalized spacial score (nSPS) is 15.1. The van der Waals surface area contributed by atoms with Crippen LogP contribution in [0.15, 0.2) is 36.5 Å². The zero-order valence-corrected chi connectivity index (χ0v) is 16.0. The maximum absolute atomic E-state index is 12.9. The van der Waals surface area contributed by atoms with Gasteiger partial charge in [0.15, 0.2) is 0 Å². The molecule has 1 aliphatic rings. The Hall–Kier alpha value is -2.83. The molecule has 1 saturated heterocycles. The maximum atomic E-state index is 12.9. The Labute approximate surface area is 170 Å². The number of aromatic nitrogens is 1. The first-order valence-corrected chi connectivity index (χ1v) is 9.14. The average molecular weight is 424 g/mol. The number of amides is 1. The first-order chi connectivity index (χ1) is 13.8. The Morgan fingerprint density at radius 1 is 1.21 bits per heavy atom. The van der Waals surface area contributed by atoms with Crippen LogP contribution in [0.5, 0.6) is 0 Å². The number of nitrogens with one attached hydrogen (secondary N) is 1. The standard InChI is InChI=1S/C19H17ClF3N5O/c20-17-4-2-13(9-16(17)19(21,22)23)26-18(29)12-27-5-7-28(8-6-27)15-3-1-14(10-24)25-11-15/h1-4,9,11H,5-8,12H2,(H,26,29). The van der Waals surface area contributed by atoms with Crippen molar-refractivity contribution in [2.24, 2.45) is 0 Å². The minimum absolute atomic E-state index is 0.0500. The minimum Gasteiger partial charge on any atom is -0.368 e. The number of hydrogen-bond acceptors (Lipinski definition) is 5. The van der Waals surface area contributed by atoms with Crippen LogP contribution in [0.2, 0.25) is 5.02 Å². The fourth-order valence-corrected chi connectivity index (χ4v) is 3.25. The van der Waals surface area contributed by atoms with E-state index in [0.29, 0.717) is 31.9 Å². The van der Waals surface area contributed by atoms with Gasteiger partial charge in [-0.05, 0) is 30.3 Å². The Morgan fingerprint density at radius 3 is 2.52 bits per heavy atom. The Balaban J connectivity index is 1.53. The van der Waals surface area contributed by atoms with Crippen molar-refractivity contribution in [2.45, 2.75) is 6.18 Å². The first kappa shape index (κ1) is 20.9. The van der Waals surface area contributed by atoms with Crippen molar-refractivity contribution in [1.82, 2.24) is 9.88 Å². The van der Waals surface area contributed by atoms with Crippen LogP contribution < -0.4 is 10.2 Å². The molecule has 0 bridgehead atoms. The molecule has 29 heavy (non-hydrogen) atoms. The topological polar surface area (TPSA) is 72.3 Å². The third-order valence-electron chi connectivity index (χ3n) is 4.52. The zero-order chi connectivity index (χ0) is 21.0. The van der Waals surface area contributed by atoms with E-state index in [1.165, 1.54) is 6.07 Å². The number of nitrogens with zero attached hydrogens (tertiary/aromatic N) is 4. The van der Waals surface area contributed by atoms with Crippen molar-refractivity contribution in [2.75, 3.05) is 42.9 Å². The van der Waals surface area contributed by atoms with E-state index in [4.69, 9.17) is 16.9 Å². The molecule has 2 heterocycles. The number of nitriles is 1. The molecule has 0 aliphatic carbocycles. The van der Waals surface area contributed by atoms with Crippen molar-refractivity contribution in [1.29, 1.82) is 5.26 Å². The lowest BCUT2D eigenvalue weighted by Gasteiger charge is -2.35. The third-order valence-corrected chi connectivity index (χ3v) is 4.85. The fraction of sp³-hybridized carbons (Fsp3) is 0.316. The van der Waals surface area contributed by atoms with Crippen molar-refractivity contribution in [3.63, 3.8) is 0 Å². The molecule has 3 rings (SSSR count). The molecule has 10 heteroatoms. The van der Waals surface area contributed by atoms with Crippen LogP contribution in [-0.4, -0.2) is 48.5 Å². The van der Waals surface area contributed by atoms with Gasteiger partial charge < -0.3 is 10.2 Å². The highest BCUT2D eigenvalue weighted by Crippen LogP contribution is 2.36. The summed E-state index contributed by atoms with van der Waals surface area (Å²) in [5.74, 6) is -0.395. The van der Waals surface area contributed by atoms with E-state index in [9.17, 15) is 18.0 Å². The highest BCUT2D eigenvalue weighted by atomic mass is 35.5. The van der Waals surface area contributed by atoms with E-state index < -0.39 is 22.7 Å². The molecule has 6 nitrogen and oxygen atoms in total. The molecule has 1 fully saturated rings. The largest absolute Gasteiger partial charge is 0.417 e. The van der Waals surface area contributed by atoms with E-state index in [0.717, 1.165) is 17.8 Å². The molecule has 1 aromatic heterocycles. The van der Waals surface area contributed by atoms with Gasteiger partial charge in [0.2, 0.25) is 5.91 Å². The van der Waals surface area contributed by atoms with Crippen LogP contribution in [0.3, 0.4) is 0 Å². The molecule has 1 aromatic carbocycles. The number of anilines is 2. The van der Waals surface area contributed by atoms with Gasteiger partial charge in [0.25, 0.3) is 0 Å². The number of carbonyl (C=O) groups excluding carboxylic acids is 1. The second-order valence-electron chi connectivity index (χ2n) is 6.52. The van der Waals surface area contributed by atoms with Crippen molar-refractivity contribution >= 4 is 28.9 Å². The number of carbonyl (C=O) groups is 1. The summed E-state index contributed by atoms with van der Waals surface area (Å²) in [6.07, 6.45) is -2.95. The van der Waals surface area contributed by atoms with E-state index in [2.05, 4.69) is 15.2 Å². The molecule has 0 spiro atoms. The van der Waals surface area contributed by atoms with Gasteiger partial charge in [0, 0.05) is 31.9 Å². The molecule has 0 radical (unpaired) electrons. The van der Waals surface area contributed by atoms with Gasteiger partial charge in [-0.2, -0.15) is 18.4 Å². The van der Waals surface area contributed by atoms with Crippen LogP contribution in [0, 0.1) is 11.3 Å². The van der Waals surface area contributed by atoms with E-state index in [-0.39, 0.29) is 12.2 Å². The van der Waals surface area contributed by atoms with Crippen LogP contribution >= 0.6 is 11.6 Å². The van der Waals surface area contributed by atoms with Gasteiger partial charge >= 0.3 is 6.18 Å². The summed E-state index contributed by atoms with van der Waals surface area (Å²) in [4.78, 5) is 20.3. The van der Waals surface area contributed by atoms with Crippen LogP contribution in [-0.2, 0) is 11.0 Å². The number of piperazine rings is 1. The lowest BCUT2D eigenvalue weighted by molar-refractivity contribution is -0.137. The molecule has 0 saturated carbocycles. The lowest BCUT2D eigenvalue weighted by Crippen LogP contribution is -2.48. The van der Waals surface area contributed by atoms with E-state index in [1.807, 2.05) is 17.0 Å². The summed E-state index contributed by atoms with van der Waals surface area (Å²) in [6, 6.07) is 8.73. The second-order valence-corrected chi connectivity index (χ2v) is 6.92. The Morgan fingerprint density at radius 2 is 1.93 bits per heavy atom. The van der Waals surface area contributed by atoms with Gasteiger partial charge in [-0.1, -0.05) is 11.6 Å². The van der Waals surface area contributed by atoms with E-state index in [1.54, 1.807) is 12.3 Å². The predicted octanol–water partition coefficient (Wildman–Crippen LogP) is 3.39. The van der Waals surface area contributed by atoms with Gasteiger partial charge in [-0.25, -0.2) is 4.98 Å².